The highest BCUT2D eigenvalue weighted by atomic mass is 31.3. The van der Waals surface area contributed by atoms with E-state index in [1.54, 1.807) is 4.57 Å². The molecule has 28 nitrogen and oxygen atoms in total. The van der Waals surface area contributed by atoms with E-state index < -0.39 is 73.1 Å². The average Bonchev–Trinajstić information content (AvgIpc) is 3.82. The predicted molar refractivity (Wildman–Crippen MR) is 175 cm³/mol. The van der Waals surface area contributed by atoms with Gasteiger partial charge < -0.3 is 71.7 Å². The van der Waals surface area contributed by atoms with Gasteiger partial charge in [0.25, 0.3) is 0 Å². The molecule has 53 heavy (non-hydrogen) atoms. The number of rotatable bonds is 12. The van der Waals surface area contributed by atoms with E-state index in [4.69, 9.17) is 51.7 Å². The number of nitrogens with two attached hydrogens (primary N) is 4. The molecule has 4 aromatic heterocycles. The van der Waals surface area contributed by atoms with Gasteiger partial charge >= 0.3 is 23.5 Å². The number of nitrogens with zero attached hydrogens (tertiary/aromatic N) is 8. The van der Waals surface area contributed by atoms with Gasteiger partial charge in [0.05, 0.1) is 32.0 Å². The number of fused-ring (bicyclic) bond motifs is 2. The minimum absolute atomic E-state index is 0.00738. The predicted octanol–water partition coefficient (Wildman–Crippen LogP) is -2.11. The van der Waals surface area contributed by atoms with Crippen LogP contribution in [0.25, 0.3) is 22.3 Å². The molecule has 0 aromatic carbocycles. The molecular formula is C22H35N12O16P3. The first-order valence-corrected chi connectivity index (χ1v) is 19.2. The summed E-state index contributed by atoms with van der Waals surface area (Å²) in [6.07, 6.45) is -2.51. The largest absolute Gasteiger partial charge is 0.490 e. The lowest BCUT2D eigenvalue weighted by Gasteiger charge is -2.19. The Labute approximate surface area is 296 Å². The third kappa shape index (κ3) is 9.23. The van der Waals surface area contributed by atoms with Crippen LogP contribution in [0.5, 0.6) is 0 Å². The van der Waals surface area contributed by atoms with Crippen LogP contribution in [0, 0.1) is 0 Å². The maximum absolute atomic E-state index is 11.9. The molecule has 2 fully saturated rings. The second-order valence-electron chi connectivity index (χ2n) is 11.1. The molecule has 2 saturated heterocycles. The molecule has 0 radical (unpaired) electrons. The average molecular weight is 817 g/mol. The zero-order valence-electron chi connectivity index (χ0n) is 27.3. The van der Waals surface area contributed by atoms with E-state index >= 15 is 0 Å². The molecule has 2 unspecified atom stereocenters. The highest BCUT2D eigenvalue weighted by molar-refractivity contribution is 7.66. The van der Waals surface area contributed by atoms with E-state index in [-0.39, 0.29) is 47.7 Å². The molecule has 0 amide bonds. The van der Waals surface area contributed by atoms with Gasteiger partial charge in [-0.1, -0.05) is 0 Å². The van der Waals surface area contributed by atoms with Gasteiger partial charge in [0.15, 0.2) is 35.4 Å². The van der Waals surface area contributed by atoms with Gasteiger partial charge in [-0.25, -0.2) is 23.7 Å². The molecule has 2 aliphatic rings. The SMILES string of the molecule is CO[C@@H]1C[C@@H](COP(=O)(O)OP(=O)(O)OP(=O)(O)O)O[C@H]1n1cnc2c(N)nc(N)nc21.CO[C@@H]1[C@H](O)[C@@H](CO)O[C@H]1n1cnc2c(N)nc(N)nc21. The molecular weight excluding hydrogens is 781 g/mol. The quantitative estimate of drug-likeness (QED) is 0.0684. The standard InChI is InChI=1S/C11H19N6O12P3.C11H16N6O4/c1-25-6-2-5(3-26-31(21,22)29-32(23,24)28-30(18,19)20)27-10(6)17-4-14-7-8(12)15-11(13)16-9(7)17;1-20-7-6(19)4(2-18)21-10(7)17-3-14-5-8(12)15-11(13)16-9(5)17/h4-6,10H,2-3H2,1H3,(H,21,22)(H,23,24)(H2,18,19,20)(H4,12,13,15,16);3-4,6-7,10,18-19H,2H2,1H3,(H4,12,13,15,16)/t5-,6+,10+;4-,6-,7-,10-/m01/s1. The van der Waals surface area contributed by atoms with Gasteiger partial charge in [0.2, 0.25) is 11.9 Å². The number of phosphoric acid groups is 3. The molecule has 0 bridgehead atoms. The first-order chi connectivity index (χ1) is 24.8. The Kier molecular flexibility index (Phi) is 12.0. The first kappa shape index (κ1) is 40.7. The van der Waals surface area contributed by atoms with Crippen molar-refractivity contribution in [3.8, 4) is 0 Å². The Hall–Kier alpha value is -3.53. The third-order valence-electron chi connectivity index (χ3n) is 7.53. The van der Waals surface area contributed by atoms with Gasteiger partial charge in [0.1, 0.15) is 35.4 Å². The third-order valence-corrected chi connectivity index (χ3v) is 11.3. The van der Waals surface area contributed by atoms with Crippen molar-refractivity contribution >= 4 is 69.3 Å². The summed E-state index contributed by atoms with van der Waals surface area (Å²) in [5.41, 5.74) is 24.0. The van der Waals surface area contributed by atoms with E-state index in [2.05, 4.69) is 43.0 Å². The van der Waals surface area contributed by atoms with Gasteiger partial charge in [-0.2, -0.15) is 28.6 Å². The van der Waals surface area contributed by atoms with Crippen molar-refractivity contribution < 1.29 is 75.6 Å². The normalized spacial score (nSPS) is 27.1. The van der Waals surface area contributed by atoms with E-state index in [1.165, 1.54) is 31.4 Å². The van der Waals surface area contributed by atoms with Crippen molar-refractivity contribution in [1.82, 2.24) is 39.0 Å². The number of phosphoric ester groups is 1. The number of hydrogen-bond acceptors (Lipinski definition) is 22. The minimum atomic E-state index is -5.62. The number of ether oxygens (including phenoxy) is 4. The van der Waals surface area contributed by atoms with E-state index in [0.717, 1.165) is 0 Å². The number of imidazole rings is 2. The Balaban J connectivity index is 0.000000222. The topological polar surface area (TPSA) is 428 Å². The zero-order chi connectivity index (χ0) is 39.0. The van der Waals surface area contributed by atoms with Crippen LogP contribution in [0.4, 0.5) is 23.5 Å². The van der Waals surface area contributed by atoms with Crippen molar-refractivity contribution in [3.63, 3.8) is 0 Å². The fraction of sp³-hybridized carbons (Fsp3) is 0.545. The highest BCUT2D eigenvalue weighted by Gasteiger charge is 2.46. The first-order valence-electron chi connectivity index (χ1n) is 14.7. The van der Waals surface area contributed by atoms with E-state index in [1.807, 2.05) is 0 Å². The van der Waals surface area contributed by atoms with Crippen LogP contribution in [0.1, 0.15) is 18.9 Å². The summed E-state index contributed by atoms with van der Waals surface area (Å²) in [6, 6.07) is 0. The summed E-state index contributed by atoms with van der Waals surface area (Å²) in [5, 5.41) is 19.3. The van der Waals surface area contributed by atoms with E-state index in [0.29, 0.717) is 11.2 Å². The van der Waals surface area contributed by atoms with Crippen LogP contribution in [0.2, 0.25) is 0 Å². The fourth-order valence-electron chi connectivity index (χ4n) is 5.39. The van der Waals surface area contributed by atoms with Crippen molar-refractivity contribution in [2.75, 3.05) is 50.4 Å². The van der Waals surface area contributed by atoms with Crippen LogP contribution >= 0.6 is 23.5 Å². The number of anilines is 4. The summed E-state index contributed by atoms with van der Waals surface area (Å²) in [4.78, 5) is 59.9. The summed E-state index contributed by atoms with van der Waals surface area (Å²) >= 11 is 0. The smallest absolute Gasteiger partial charge is 0.394 e. The lowest BCUT2D eigenvalue weighted by molar-refractivity contribution is -0.0583. The molecule has 6 rings (SSSR count). The molecule has 0 saturated carbocycles. The van der Waals surface area contributed by atoms with Crippen molar-refractivity contribution in [3.05, 3.63) is 12.7 Å². The Bertz CT molecular complexity index is 2080. The summed E-state index contributed by atoms with van der Waals surface area (Å²) in [6.45, 7) is -0.963. The van der Waals surface area contributed by atoms with Gasteiger partial charge in [0, 0.05) is 20.6 Å². The van der Waals surface area contributed by atoms with Gasteiger partial charge in [-0.15, -0.1) is 0 Å². The molecule has 14 N–H and O–H groups in total. The Morgan fingerprint density at radius 2 is 1.36 bits per heavy atom. The minimum Gasteiger partial charge on any atom is -0.394 e. The van der Waals surface area contributed by atoms with E-state index in [9.17, 15) is 33.7 Å². The highest BCUT2D eigenvalue weighted by Crippen LogP contribution is 2.66. The number of aromatic nitrogens is 8. The lowest BCUT2D eigenvalue weighted by atomic mass is 10.1. The van der Waals surface area contributed by atoms with Crippen molar-refractivity contribution in [2.24, 2.45) is 0 Å². The lowest BCUT2D eigenvalue weighted by Crippen LogP contribution is -2.34. The summed E-state index contributed by atoms with van der Waals surface area (Å²) in [5.74, 6) is 0.103. The monoisotopic (exact) mass is 816 g/mol. The maximum Gasteiger partial charge on any atom is 0.490 e. The van der Waals surface area contributed by atoms with Gasteiger partial charge in [-0.3, -0.25) is 13.7 Å². The number of methoxy groups -OCH3 is 2. The molecule has 4 aromatic rings. The van der Waals surface area contributed by atoms with Crippen LogP contribution in [-0.4, -0.2) is 127 Å². The van der Waals surface area contributed by atoms with Gasteiger partial charge in [-0.05, 0) is 0 Å². The second kappa shape index (κ2) is 15.7. The summed E-state index contributed by atoms with van der Waals surface area (Å²) < 4.78 is 70.8. The maximum atomic E-state index is 11.9. The number of aliphatic hydroxyl groups is 2. The van der Waals surface area contributed by atoms with Crippen LogP contribution in [0.15, 0.2) is 12.7 Å². The number of nitrogen functional groups attached to an aromatic ring is 4. The van der Waals surface area contributed by atoms with Crippen LogP contribution in [0.3, 0.4) is 0 Å². The number of aliphatic hydroxyl groups excluding tert-OH is 2. The van der Waals surface area contributed by atoms with Crippen molar-refractivity contribution in [2.45, 2.75) is 49.4 Å². The molecule has 9 atom stereocenters. The molecule has 2 aliphatic heterocycles. The van der Waals surface area contributed by atoms with Crippen LogP contribution < -0.4 is 22.9 Å². The molecule has 0 aliphatic carbocycles. The summed E-state index contributed by atoms with van der Waals surface area (Å²) in [7, 11) is -13.6. The Morgan fingerprint density at radius 3 is 1.85 bits per heavy atom. The fourth-order valence-corrected chi connectivity index (χ4v) is 8.44. The molecule has 31 heteroatoms. The number of hydrogen-bond donors (Lipinski definition) is 10. The van der Waals surface area contributed by atoms with Crippen LogP contribution in [-0.2, 0) is 45.8 Å². The molecule has 6 heterocycles. The Morgan fingerprint density at radius 1 is 0.811 bits per heavy atom. The molecule has 0 spiro atoms. The zero-order valence-corrected chi connectivity index (χ0v) is 30.0. The molecule has 294 valence electrons. The van der Waals surface area contributed by atoms with Crippen molar-refractivity contribution in [1.29, 1.82) is 0 Å². The second-order valence-corrected chi connectivity index (χ2v) is 15.5.